The SMILES string of the molecule is CN=C(NCCN(C)Cc1ccccc1)NCC(=O)NC(C)(C)C. The molecule has 0 heterocycles. The zero-order valence-corrected chi connectivity index (χ0v) is 15.5. The number of benzene rings is 1. The number of nitrogens with zero attached hydrogens (tertiary/aromatic N) is 2. The molecule has 0 saturated heterocycles. The van der Waals surface area contributed by atoms with Gasteiger partial charge in [0.1, 0.15) is 0 Å². The second-order valence-electron chi connectivity index (χ2n) is 6.87. The van der Waals surface area contributed by atoms with Gasteiger partial charge in [-0.3, -0.25) is 9.79 Å². The van der Waals surface area contributed by atoms with Gasteiger partial charge in [-0.05, 0) is 33.4 Å². The molecule has 1 rings (SSSR count). The van der Waals surface area contributed by atoms with Crippen LogP contribution in [0.15, 0.2) is 35.3 Å². The molecule has 0 fully saturated rings. The third-order valence-corrected chi connectivity index (χ3v) is 3.24. The summed E-state index contributed by atoms with van der Waals surface area (Å²) >= 11 is 0. The van der Waals surface area contributed by atoms with Gasteiger partial charge in [-0.2, -0.15) is 0 Å². The van der Waals surface area contributed by atoms with E-state index in [-0.39, 0.29) is 18.0 Å². The molecular formula is C18H31N5O. The third kappa shape index (κ3) is 9.15. The highest BCUT2D eigenvalue weighted by Crippen LogP contribution is 2.01. The summed E-state index contributed by atoms with van der Waals surface area (Å²) in [6, 6.07) is 10.4. The number of likely N-dealkylation sites (N-methyl/N-ethyl adjacent to an activating group) is 1. The Labute approximate surface area is 145 Å². The van der Waals surface area contributed by atoms with E-state index in [1.807, 2.05) is 26.8 Å². The smallest absolute Gasteiger partial charge is 0.239 e. The summed E-state index contributed by atoms with van der Waals surface area (Å²) in [7, 11) is 3.78. The van der Waals surface area contributed by atoms with E-state index >= 15 is 0 Å². The van der Waals surface area contributed by atoms with Crippen LogP contribution in [0, 0.1) is 0 Å². The lowest BCUT2D eigenvalue weighted by Crippen LogP contribution is -2.48. The van der Waals surface area contributed by atoms with Crippen LogP contribution in [-0.4, -0.2) is 56.0 Å². The fourth-order valence-corrected chi connectivity index (χ4v) is 2.19. The summed E-state index contributed by atoms with van der Waals surface area (Å²) in [4.78, 5) is 18.2. The van der Waals surface area contributed by atoms with Crippen molar-refractivity contribution in [3.63, 3.8) is 0 Å². The molecule has 0 unspecified atom stereocenters. The van der Waals surface area contributed by atoms with Crippen molar-refractivity contribution in [1.82, 2.24) is 20.9 Å². The second kappa shape index (κ2) is 9.93. The van der Waals surface area contributed by atoms with E-state index < -0.39 is 0 Å². The molecule has 1 aromatic carbocycles. The van der Waals surface area contributed by atoms with Crippen LogP contribution in [0.4, 0.5) is 0 Å². The van der Waals surface area contributed by atoms with Gasteiger partial charge in [-0.15, -0.1) is 0 Å². The van der Waals surface area contributed by atoms with Crippen LogP contribution in [0.1, 0.15) is 26.3 Å². The van der Waals surface area contributed by atoms with Crippen molar-refractivity contribution < 1.29 is 4.79 Å². The van der Waals surface area contributed by atoms with E-state index in [9.17, 15) is 4.79 Å². The number of hydrogen-bond donors (Lipinski definition) is 3. The molecule has 0 saturated carbocycles. The number of nitrogens with one attached hydrogen (secondary N) is 3. The quantitative estimate of drug-likeness (QED) is 0.518. The van der Waals surface area contributed by atoms with Gasteiger partial charge in [-0.25, -0.2) is 0 Å². The van der Waals surface area contributed by atoms with Crippen molar-refractivity contribution in [2.24, 2.45) is 4.99 Å². The highest BCUT2D eigenvalue weighted by molar-refractivity contribution is 5.86. The highest BCUT2D eigenvalue weighted by Gasteiger charge is 2.13. The number of guanidine groups is 1. The Morgan fingerprint density at radius 3 is 2.42 bits per heavy atom. The van der Waals surface area contributed by atoms with Crippen LogP contribution < -0.4 is 16.0 Å². The Hall–Kier alpha value is -2.08. The summed E-state index contributed by atoms with van der Waals surface area (Å²) in [5.74, 6) is 0.582. The number of amides is 1. The molecule has 6 nitrogen and oxygen atoms in total. The summed E-state index contributed by atoms with van der Waals surface area (Å²) in [5.41, 5.74) is 1.07. The Bertz CT molecular complexity index is 522. The predicted molar refractivity (Wildman–Crippen MR) is 100 cm³/mol. The lowest BCUT2D eigenvalue weighted by molar-refractivity contribution is -0.121. The molecule has 0 aliphatic heterocycles. The molecule has 0 bridgehead atoms. The van der Waals surface area contributed by atoms with Gasteiger partial charge in [0.05, 0.1) is 6.54 Å². The molecule has 1 aromatic rings. The second-order valence-corrected chi connectivity index (χ2v) is 6.87. The highest BCUT2D eigenvalue weighted by atomic mass is 16.2. The minimum absolute atomic E-state index is 0.0494. The standard InChI is InChI=1S/C18H31N5O/c1-18(2,3)22-16(24)13-21-17(19-4)20-11-12-23(5)14-15-9-7-6-8-10-15/h6-10H,11-14H2,1-5H3,(H,22,24)(H2,19,20,21). The minimum atomic E-state index is -0.226. The van der Waals surface area contributed by atoms with Gasteiger partial charge in [0.15, 0.2) is 5.96 Å². The predicted octanol–water partition coefficient (Wildman–Crippen LogP) is 1.20. The van der Waals surface area contributed by atoms with E-state index in [2.05, 4.69) is 57.2 Å². The first-order valence-corrected chi connectivity index (χ1v) is 8.28. The van der Waals surface area contributed by atoms with Crippen LogP contribution in [-0.2, 0) is 11.3 Å². The molecule has 0 aromatic heterocycles. The maximum atomic E-state index is 11.8. The maximum Gasteiger partial charge on any atom is 0.239 e. The van der Waals surface area contributed by atoms with Gasteiger partial charge in [0, 0.05) is 32.2 Å². The molecule has 24 heavy (non-hydrogen) atoms. The van der Waals surface area contributed by atoms with Crippen LogP contribution in [0.5, 0.6) is 0 Å². The van der Waals surface area contributed by atoms with Crippen molar-refractivity contribution >= 4 is 11.9 Å². The zero-order valence-electron chi connectivity index (χ0n) is 15.5. The molecule has 0 radical (unpaired) electrons. The summed E-state index contributed by atoms with van der Waals surface area (Å²) < 4.78 is 0. The summed E-state index contributed by atoms with van der Waals surface area (Å²) in [5, 5.41) is 9.15. The van der Waals surface area contributed by atoms with E-state index in [1.165, 1.54) is 5.56 Å². The Balaban J connectivity index is 2.25. The van der Waals surface area contributed by atoms with Crippen molar-refractivity contribution in [1.29, 1.82) is 0 Å². The Morgan fingerprint density at radius 1 is 1.17 bits per heavy atom. The number of aliphatic imine (C=N–C) groups is 1. The maximum absolute atomic E-state index is 11.8. The molecule has 1 amide bonds. The minimum Gasteiger partial charge on any atom is -0.355 e. The average molecular weight is 333 g/mol. The van der Waals surface area contributed by atoms with Gasteiger partial charge in [0.25, 0.3) is 0 Å². The van der Waals surface area contributed by atoms with E-state index in [4.69, 9.17) is 0 Å². The topological polar surface area (TPSA) is 68.8 Å². The van der Waals surface area contributed by atoms with Crippen LogP contribution in [0.3, 0.4) is 0 Å². The molecule has 0 atom stereocenters. The van der Waals surface area contributed by atoms with Crippen molar-refractivity contribution in [3.05, 3.63) is 35.9 Å². The number of hydrogen-bond acceptors (Lipinski definition) is 3. The van der Waals surface area contributed by atoms with Gasteiger partial charge in [0.2, 0.25) is 5.91 Å². The largest absolute Gasteiger partial charge is 0.355 e. The van der Waals surface area contributed by atoms with Crippen molar-refractivity contribution in [2.45, 2.75) is 32.9 Å². The normalized spacial score (nSPS) is 12.2. The molecule has 6 heteroatoms. The number of carbonyl (C=O) groups excluding carboxylic acids is 1. The molecular weight excluding hydrogens is 302 g/mol. The molecule has 134 valence electrons. The monoisotopic (exact) mass is 333 g/mol. The average Bonchev–Trinajstić information content (AvgIpc) is 2.50. The first kappa shape index (κ1) is 20.0. The molecule has 0 spiro atoms. The lowest BCUT2D eigenvalue weighted by atomic mass is 10.1. The number of rotatable bonds is 7. The summed E-state index contributed by atoms with van der Waals surface area (Å²) in [6.07, 6.45) is 0. The van der Waals surface area contributed by atoms with Gasteiger partial charge in [-0.1, -0.05) is 30.3 Å². The Morgan fingerprint density at radius 2 is 1.83 bits per heavy atom. The third-order valence-electron chi connectivity index (χ3n) is 3.24. The molecule has 3 N–H and O–H groups in total. The lowest BCUT2D eigenvalue weighted by Gasteiger charge is -2.21. The first-order chi connectivity index (χ1) is 11.3. The van der Waals surface area contributed by atoms with Crippen molar-refractivity contribution in [2.75, 3.05) is 33.7 Å². The van der Waals surface area contributed by atoms with E-state index in [0.717, 1.165) is 19.6 Å². The van der Waals surface area contributed by atoms with Crippen LogP contribution in [0.25, 0.3) is 0 Å². The van der Waals surface area contributed by atoms with Crippen LogP contribution >= 0.6 is 0 Å². The van der Waals surface area contributed by atoms with E-state index in [1.54, 1.807) is 7.05 Å². The van der Waals surface area contributed by atoms with Gasteiger partial charge >= 0.3 is 0 Å². The Kier molecular flexibility index (Phi) is 8.26. The number of carbonyl (C=O) groups is 1. The van der Waals surface area contributed by atoms with E-state index in [0.29, 0.717) is 5.96 Å². The van der Waals surface area contributed by atoms with Gasteiger partial charge < -0.3 is 20.9 Å². The van der Waals surface area contributed by atoms with Crippen LogP contribution in [0.2, 0.25) is 0 Å². The van der Waals surface area contributed by atoms with Crippen molar-refractivity contribution in [3.8, 4) is 0 Å². The fourth-order valence-electron chi connectivity index (χ4n) is 2.19. The summed E-state index contributed by atoms with van der Waals surface area (Å²) in [6.45, 7) is 8.62. The molecule has 0 aliphatic carbocycles. The molecule has 0 aliphatic rings. The fraction of sp³-hybridized carbons (Fsp3) is 0.556. The zero-order chi connectivity index (χ0) is 18.0. The first-order valence-electron chi connectivity index (χ1n) is 8.28.